The molecule has 204 valence electrons. The Kier molecular flexibility index (Phi) is 8.75. The number of carbonyl (C=O) groups is 3. The van der Waals surface area contributed by atoms with Crippen molar-refractivity contribution in [2.24, 2.45) is 11.8 Å². The van der Waals surface area contributed by atoms with Crippen molar-refractivity contribution in [3.63, 3.8) is 0 Å². The molecule has 3 rings (SSSR count). The number of amides is 2. The van der Waals surface area contributed by atoms with Gasteiger partial charge in [0.05, 0.1) is 17.1 Å². The third-order valence-electron chi connectivity index (χ3n) is 5.67. The summed E-state index contributed by atoms with van der Waals surface area (Å²) in [6.07, 6.45) is -1.91. The van der Waals surface area contributed by atoms with E-state index in [1.54, 1.807) is 17.5 Å². The van der Waals surface area contributed by atoms with Gasteiger partial charge in [-0.05, 0) is 38.0 Å². The minimum absolute atomic E-state index is 0.198. The van der Waals surface area contributed by atoms with E-state index in [9.17, 15) is 50.2 Å². The molecule has 2 aromatic rings. The van der Waals surface area contributed by atoms with E-state index < -0.39 is 75.6 Å². The SMILES string of the molecule is CC(Sc1cccc(NC(=O)C2CC=CCC2C(=O)O)c1)C(=O)Nc1c(F)c(F)c(C(F)(F)F)c(F)c1F. The van der Waals surface area contributed by atoms with E-state index in [4.69, 9.17) is 0 Å². The minimum atomic E-state index is -5.72. The number of carbonyl (C=O) groups excluding carboxylic acids is 2. The van der Waals surface area contributed by atoms with Crippen LogP contribution in [0.4, 0.5) is 42.1 Å². The first-order valence-corrected chi connectivity index (χ1v) is 11.8. The molecular formula is C24H19F7N2O4S. The lowest BCUT2D eigenvalue weighted by atomic mass is 9.82. The van der Waals surface area contributed by atoms with Crippen molar-refractivity contribution in [3.8, 4) is 0 Å². The van der Waals surface area contributed by atoms with Gasteiger partial charge in [-0.15, -0.1) is 11.8 Å². The third-order valence-corrected chi connectivity index (χ3v) is 6.76. The van der Waals surface area contributed by atoms with Crippen LogP contribution in [0.25, 0.3) is 0 Å². The topological polar surface area (TPSA) is 95.5 Å². The number of allylic oxidation sites excluding steroid dienone is 2. The molecular weight excluding hydrogens is 545 g/mol. The summed E-state index contributed by atoms with van der Waals surface area (Å²) in [5.74, 6) is -14.8. The second kappa shape index (κ2) is 11.5. The van der Waals surface area contributed by atoms with Gasteiger partial charge in [-0.25, -0.2) is 17.6 Å². The molecule has 3 atom stereocenters. The van der Waals surface area contributed by atoms with Crippen LogP contribution in [0.2, 0.25) is 0 Å². The van der Waals surface area contributed by atoms with Gasteiger partial charge in [0.1, 0.15) is 11.3 Å². The average molecular weight is 564 g/mol. The number of hydrogen-bond donors (Lipinski definition) is 3. The summed E-state index contributed by atoms with van der Waals surface area (Å²) in [6.45, 7) is 1.25. The molecule has 0 bridgehead atoms. The number of alkyl halides is 3. The second-order valence-corrected chi connectivity index (χ2v) is 9.68. The number of carboxylic acid groups (broad SMARTS) is 1. The molecule has 2 amide bonds. The first-order chi connectivity index (χ1) is 17.7. The van der Waals surface area contributed by atoms with E-state index in [0.717, 1.165) is 11.8 Å². The van der Waals surface area contributed by atoms with Gasteiger partial charge < -0.3 is 15.7 Å². The van der Waals surface area contributed by atoms with Crippen molar-refractivity contribution in [3.05, 3.63) is 65.2 Å². The zero-order valence-corrected chi connectivity index (χ0v) is 20.2. The van der Waals surface area contributed by atoms with Gasteiger partial charge in [0.15, 0.2) is 23.3 Å². The number of hydrogen-bond acceptors (Lipinski definition) is 4. The lowest BCUT2D eigenvalue weighted by Crippen LogP contribution is -2.34. The minimum Gasteiger partial charge on any atom is -0.481 e. The van der Waals surface area contributed by atoms with Crippen molar-refractivity contribution >= 4 is 40.9 Å². The predicted octanol–water partition coefficient (Wildman–Crippen LogP) is 5.99. The molecule has 0 fully saturated rings. The maximum absolute atomic E-state index is 14.1. The van der Waals surface area contributed by atoms with Crippen molar-refractivity contribution in [2.75, 3.05) is 10.6 Å². The first-order valence-electron chi connectivity index (χ1n) is 10.9. The molecule has 14 heteroatoms. The van der Waals surface area contributed by atoms with Crippen LogP contribution in [0, 0.1) is 35.1 Å². The summed E-state index contributed by atoms with van der Waals surface area (Å²) in [6, 6.07) is 5.93. The molecule has 0 aliphatic heterocycles. The molecule has 0 aromatic heterocycles. The first kappa shape index (κ1) is 29.0. The zero-order chi connectivity index (χ0) is 28.4. The number of benzene rings is 2. The molecule has 0 saturated heterocycles. The fourth-order valence-electron chi connectivity index (χ4n) is 3.73. The standard InChI is InChI=1S/C24H19F7N2O4S/c1-10(21(34)33-20-18(27)16(25)15(24(29,30)31)17(26)19(20)28)38-12-6-4-5-11(9-12)32-22(35)13-7-2-3-8-14(13)23(36)37/h2-6,9-10,13-14H,7-8H2,1H3,(H,32,35)(H,33,34)(H,36,37). The Bertz CT molecular complexity index is 1270. The van der Waals surface area contributed by atoms with Gasteiger partial charge >= 0.3 is 12.1 Å². The normalized spacial score (nSPS) is 18.1. The molecule has 0 spiro atoms. The van der Waals surface area contributed by atoms with E-state index in [0.29, 0.717) is 4.90 Å². The van der Waals surface area contributed by atoms with Crippen LogP contribution in [0.1, 0.15) is 25.3 Å². The van der Waals surface area contributed by atoms with Crippen LogP contribution >= 0.6 is 11.8 Å². The van der Waals surface area contributed by atoms with Crippen molar-refractivity contribution in [1.82, 2.24) is 0 Å². The number of halogens is 7. The number of aliphatic carboxylic acids is 1. The summed E-state index contributed by atoms with van der Waals surface area (Å²) in [4.78, 5) is 36.9. The second-order valence-electron chi connectivity index (χ2n) is 8.26. The van der Waals surface area contributed by atoms with Gasteiger partial charge in [0, 0.05) is 10.6 Å². The van der Waals surface area contributed by atoms with E-state index in [1.807, 2.05) is 0 Å². The number of carboxylic acids is 1. The molecule has 0 heterocycles. The van der Waals surface area contributed by atoms with Gasteiger partial charge in [-0.3, -0.25) is 14.4 Å². The van der Waals surface area contributed by atoms with Gasteiger partial charge in [-0.1, -0.05) is 18.2 Å². The monoisotopic (exact) mass is 564 g/mol. The fraction of sp³-hybridized carbons (Fsp3) is 0.292. The zero-order valence-electron chi connectivity index (χ0n) is 19.3. The van der Waals surface area contributed by atoms with Crippen molar-refractivity contribution < 1.29 is 50.2 Å². The maximum Gasteiger partial charge on any atom is 0.422 e. The van der Waals surface area contributed by atoms with Crippen molar-refractivity contribution in [1.29, 1.82) is 0 Å². The number of nitrogens with one attached hydrogen (secondary N) is 2. The Morgan fingerprint density at radius 1 is 0.947 bits per heavy atom. The fourth-order valence-corrected chi connectivity index (χ4v) is 4.66. The van der Waals surface area contributed by atoms with E-state index >= 15 is 0 Å². The maximum atomic E-state index is 14.1. The Balaban J connectivity index is 1.72. The number of thioether (sulfide) groups is 1. The summed E-state index contributed by atoms with van der Waals surface area (Å²) in [7, 11) is 0. The van der Waals surface area contributed by atoms with E-state index in [-0.39, 0.29) is 18.5 Å². The van der Waals surface area contributed by atoms with Crippen LogP contribution in [-0.2, 0) is 20.6 Å². The molecule has 0 saturated carbocycles. The van der Waals surface area contributed by atoms with Crippen LogP contribution in [0.3, 0.4) is 0 Å². The van der Waals surface area contributed by atoms with Gasteiger partial charge in [-0.2, -0.15) is 13.2 Å². The van der Waals surface area contributed by atoms with Crippen molar-refractivity contribution in [2.45, 2.75) is 36.1 Å². The molecule has 38 heavy (non-hydrogen) atoms. The summed E-state index contributed by atoms with van der Waals surface area (Å²) < 4.78 is 94.1. The highest BCUT2D eigenvalue weighted by molar-refractivity contribution is 8.00. The summed E-state index contributed by atoms with van der Waals surface area (Å²) in [5, 5.41) is 12.3. The van der Waals surface area contributed by atoms with Gasteiger partial charge in [0.25, 0.3) is 0 Å². The lowest BCUT2D eigenvalue weighted by molar-refractivity contribution is -0.146. The molecule has 6 nitrogen and oxygen atoms in total. The number of anilines is 2. The van der Waals surface area contributed by atoms with E-state index in [1.165, 1.54) is 31.2 Å². The Morgan fingerprint density at radius 3 is 2.08 bits per heavy atom. The Morgan fingerprint density at radius 2 is 1.53 bits per heavy atom. The largest absolute Gasteiger partial charge is 0.481 e. The highest BCUT2D eigenvalue weighted by Crippen LogP contribution is 2.39. The van der Waals surface area contributed by atoms with Gasteiger partial charge in [0.2, 0.25) is 11.8 Å². The lowest BCUT2D eigenvalue weighted by Gasteiger charge is -2.24. The van der Waals surface area contributed by atoms with Crippen LogP contribution < -0.4 is 10.6 Å². The van der Waals surface area contributed by atoms with Crippen LogP contribution in [-0.4, -0.2) is 28.1 Å². The summed E-state index contributed by atoms with van der Waals surface area (Å²) >= 11 is 0.800. The predicted molar refractivity (Wildman–Crippen MR) is 123 cm³/mol. The van der Waals surface area contributed by atoms with Crippen LogP contribution in [0.15, 0.2) is 41.3 Å². The Hall–Kier alpha value is -3.55. The highest BCUT2D eigenvalue weighted by Gasteiger charge is 2.42. The number of rotatable bonds is 7. The highest BCUT2D eigenvalue weighted by atomic mass is 32.2. The summed E-state index contributed by atoms with van der Waals surface area (Å²) in [5.41, 5.74) is -4.21. The third kappa shape index (κ3) is 6.29. The Labute approximate surface area is 215 Å². The average Bonchev–Trinajstić information content (AvgIpc) is 2.84. The molecule has 3 N–H and O–H groups in total. The molecule has 3 unspecified atom stereocenters. The smallest absolute Gasteiger partial charge is 0.422 e. The molecule has 2 aromatic carbocycles. The quantitative estimate of drug-likeness (QED) is 0.166. The van der Waals surface area contributed by atoms with Crippen LogP contribution in [0.5, 0.6) is 0 Å². The molecule has 1 aliphatic carbocycles. The molecule has 1 aliphatic rings. The molecule has 0 radical (unpaired) electrons. The van der Waals surface area contributed by atoms with E-state index in [2.05, 4.69) is 5.32 Å².